The molecular weight excluding hydrogens is 198 g/mol. The topological polar surface area (TPSA) is 26.0 Å². The van der Waals surface area contributed by atoms with Crippen LogP contribution in [0.2, 0.25) is 13.1 Å². The lowest BCUT2D eigenvalue weighted by Crippen LogP contribution is -2.35. The quantitative estimate of drug-likeness (QED) is 0.768. The van der Waals surface area contributed by atoms with E-state index in [9.17, 15) is 0 Å². The van der Waals surface area contributed by atoms with Gasteiger partial charge in [0.2, 0.25) is 0 Å². The smallest absolute Gasteiger partial charge is 0.0506 e. The van der Waals surface area contributed by atoms with Crippen LogP contribution in [0.25, 0.3) is 0 Å². The lowest BCUT2D eigenvalue weighted by atomic mass is 10.1. The van der Waals surface area contributed by atoms with E-state index in [1.54, 1.807) is 0 Å². The Labute approximate surface area is 88.4 Å². The molecule has 3 heteroatoms. The highest BCUT2D eigenvalue weighted by molar-refractivity contribution is 6.57. The Bertz CT molecular complexity index is 226. The van der Waals surface area contributed by atoms with Gasteiger partial charge in [-0.1, -0.05) is 43.4 Å². The molecule has 0 bridgehead atoms. The molecule has 0 saturated carbocycles. The maximum absolute atomic E-state index is 6.01. The minimum absolute atomic E-state index is 0. The summed E-state index contributed by atoms with van der Waals surface area (Å²) >= 11 is 0. The molecule has 74 valence electrons. The molecule has 1 aromatic rings. The van der Waals surface area contributed by atoms with Gasteiger partial charge in [-0.15, -0.1) is 12.4 Å². The Morgan fingerprint density at radius 1 is 1.23 bits per heavy atom. The van der Waals surface area contributed by atoms with E-state index in [0.29, 0.717) is 5.67 Å². The van der Waals surface area contributed by atoms with Crippen molar-refractivity contribution in [3.05, 3.63) is 35.9 Å². The standard InChI is InChI=1S/C10H17NSi.ClH/c1-12(2)10(11)8-9-6-4-3-5-7-9;/h3-7,10,12H,8,11H2,1-2H3;1H. The fourth-order valence-corrected chi connectivity index (χ4v) is 1.87. The van der Waals surface area contributed by atoms with Gasteiger partial charge in [-0.2, -0.15) is 0 Å². The first-order valence-electron chi connectivity index (χ1n) is 4.49. The number of nitrogens with two attached hydrogens (primary N) is 1. The van der Waals surface area contributed by atoms with E-state index in [0.717, 1.165) is 6.42 Å². The van der Waals surface area contributed by atoms with E-state index < -0.39 is 8.80 Å². The lowest BCUT2D eigenvalue weighted by Gasteiger charge is -2.13. The summed E-state index contributed by atoms with van der Waals surface area (Å²) < 4.78 is 0. The zero-order chi connectivity index (χ0) is 8.97. The Hall–Kier alpha value is -0.313. The van der Waals surface area contributed by atoms with E-state index in [1.807, 2.05) is 6.07 Å². The third-order valence-electron chi connectivity index (χ3n) is 2.17. The Morgan fingerprint density at radius 2 is 1.77 bits per heavy atom. The van der Waals surface area contributed by atoms with Gasteiger partial charge in [-0.3, -0.25) is 0 Å². The average molecular weight is 216 g/mol. The van der Waals surface area contributed by atoms with Gasteiger partial charge in [0.25, 0.3) is 0 Å². The summed E-state index contributed by atoms with van der Waals surface area (Å²) in [5.74, 6) is 0. The van der Waals surface area contributed by atoms with Crippen molar-refractivity contribution in [3.8, 4) is 0 Å². The minimum atomic E-state index is -0.657. The number of benzene rings is 1. The predicted octanol–water partition coefficient (Wildman–Crippen LogP) is 2.00. The summed E-state index contributed by atoms with van der Waals surface area (Å²) in [5.41, 5.74) is 7.80. The van der Waals surface area contributed by atoms with Crippen LogP contribution < -0.4 is 5.73 Å². The van der Waals surface area contributed by atoms with Crippen LogP contribution in [-0.2, 0) is 6.42 Å². The largest absolute Gasteiger partial charge is 0.330 e. The van der Waals surface area contributed by atoms with Crippen molar-refractivity contribution in [3.63, 3.8) is 0 Å². The molecular formula is C10H18ClNSi. The molecule has 2 N–H and O–H groups in total. The fraction of sp³-hybridized carbons (Fsp3) is 0.400. The molecule has 0 fully saturated rings. The van der Waals surface area contributed by atoms with Gasteiger partial charge in [0.1, 0.15) is 0 Å². The molecule has 0 radical (unpaired) electrons. The van der Waals surface area contributed by atoms with Crippen molar-refractivity contribution in [1.82, 2.24) is 0 Å². The first-order valence-corrected chi connectivity index (χ1v) is 7.47. The van der Waals surface area contributed by atoms with E-state index in [1.165, 1.54) is 5.56 Å². The molecule has 1 aromatic carbocycles. The van der Waals surface area contributed by atoms with Gasteiger partial charge in [-0.25, -0.2) is 0 Å². The van der Waals surface area contributed by atoms with Crippen LogP contribution in [-0.4, -0.2) is 14.5 Å². The van der Waals surface area contributed by atoms with Gasteiger partial charge in [0.05, 0.1) is 8.80 Å². The van der Waals surface area contributed by atoms with E-state index >= 15 is 0 Å². The number of hydrogen-bond acceptors (Lipinski definition) is 1. The van der Waals surface area contributed by atoms with Crippen LogP contribution >= 0.6 is 12.4 Å². The first kappa shape index (κ1) is 12.7. The van der Waals surface area contributed by atoms with Crippen LogP contribution in [0.4, 0.5) is 0 Å². The second kappa shape index (κ2) is 6.19. The van der Waals surface area contributed by atoms with Crippen molar-refractivity contribution < 1.29 is 0 Å². The molecule has 0 aliphatic heterocycles. The Morgan fingerprint density at radius 3 is 2.23 bits per heavy atom. The molecule has 1 rings (SSSR count). The molecule has 0 aliphatic rings. The summed E-state index contributed by atoms with van der Waals surface area (Å²) in [6.45, 7) is 4.60. The number of rotatable bonds is 3. The van der Waals surface area contributed by atoms with Crippen LogP contribution in [0.5, 0.6) is 0 Å². The second-order valence-electron chi connectivity index (χ2n) is 3.60. The number of halogens is 1. The molecule has 1 nitrogen and oxygen atoms in total. The minimum Gasteiger partial charge on any atom is -0.330 e. The fourth-order valence-electron chi connectivity index (χ4n) is 1.12. The van der Waals surface area contributed by atoms with Crippen LogP contribution in [0.15, 0.2) is 30.3 Å². The molecule has 0 spiro atoms. The summed E-state index contributed by atoms with van der Waals surface area (Å²) in [4.78, 5) is 0. The van der Waals surface area contributed by atoms with E-state index in [-0.39, 0.29) is 12.4 Å². The summed E-state index contributed by atoms with van der Waals surface area (Å²) in [6, 6.07) is 10.5. The molecule has 0 heterocycles. The van der Waals surface area contributed by atoms with Gasteiger partial charge >= 0.3 is 0 Å². The second-order valence-corrected chi connectivity index (χ2v) is 6.94. The van der Waals surface area contributed by atoms with Crippen molar-refractivity contribution in [2.45, 2.75) is 25.2 Å². The number of hydrogen-bond donors (Lipinski definition) is 1. The molecule has 13 heavy (non-hydrogen) atoms. The maximum atomic E-state index is 6.01. The van der Waals surface area contributed by atoms with E-state index in [2.05, 4.69) is 37.4 Å². The van der Waals surface area contributed by atoms with Crippen LogP contribution in [0.3, 0.4) is 0 Å². The van der Waals surface area contributed by atoms with Crippen molar-refractivity contribution in [1.29, 1.82) is 0 Å². The van der Waals surface area contributed by atoms with Crippen molar-refractivity contribution >= 4 is 21.2 Å². The van der Waals surface area contributed by atoms with Crippen molar-refractivity contribution in [2.75, 3.05) is 0 Å². The third-order valence-corrected chi connectivity index (χ3v) is 4.12. The predicted molar refractivity (Wildman–Crippen MR) is 64.2 cm³/mol. The summed E-state index contributed by atoms with van der Waals surface area (Å²) in [6.07, 6.45) is 1.05. The van der Waals surface area contributed by atoms with Gasteiger partial charge < -0.3 is 5.73 Å². The highest BCUT2D eigenvalue weighted by Crippen LogP contribution is 2.03. The zero-order valence-corrected chi connectivity index (χ0v) is 10.2. The highest BCUT2D eigenvalue weighted by atomic mass is 35.5. The zero-order valence-electron chi connectivity index (χ0n) is 8.23. The Balaban J connectivity index is 0.00000144. The molecule has 0 aromatic heterocycles. The summed E-state index contributed by atoms with van der Waals surface area (Å²) in [5, 5.41) is 0. The van der Waals surface area contributed by atoms with Gasteiger partial charge in [-0.05, 0) is 17.6 Å². The SMILES string of the molecule is C[SiH](C)C(N)Cc1ccccc1.Cl. The van der Waals surface area contributed by atoms with Crippen molar-refractivity contribution in [2.24, 2.45) is 5.73 Å². The maximum Gasteiger partial charge on any atom is 0.0506 e. The van der Waals surface area contributed by atoms with Crippen LogP contribution in [0.1, 0.15) is 5.56 Å². The summed E-state index contributed by atoms with van der Waals surface area (Å²) in [7, 11) is -0.657. The monoisotopic (exact) mass is 215 g/mol. The normalized spacial score (nSPS) is 12.3. The molecule has 1 unspecified atom stereocenters. The molecule has 1 atom stereocenters. The lowest BCUT2D eigenvalue weighted by molar-refractivity contribution is 0.866. The molecule has 0 aliphatic carbocycles. The molecule has 0 saturated heterocycles. The van der Waals surface area contributed by atoms with Gasteiger partial charge in [0, 0.05) is 0 Å². The molecule has 0 amide bonds. The highest BCUT2D eigenvalue weighted by Gasteiger charge is 2.08. The first-order chi connectivity index (χ1) is 5.70. The average Bonchev–Trinajstić information content (AvgIpc) is 2.06. The Kier molecular flexibility index (Phi) is 6.04. The van der Waals surface area contributed by atoms with Crippen LogP contribution in [0, 0.1) is 0 Å². The van der Waals surface area contributed by atoms with Gasteiger partial charge in [0.15, 0.2) is 0 Å². The van der Waals surface area contributed by atoms with E-state index in [4.69, 9.17) is 5.73 Å². The third kappa shape index (κ3) is 4.46.